The summed E-state index contributed by atoms with van der Waals surface area (Å²) in [5.74, 6) is 1.22. The fourth-order valence-corrected chi connectivity index (χ4v) is 4.62. The zero-order chi connectivity index (χ0) is 15.0. The van der Waals surface area contributed by atoms with E-state index in [2.05, 4.69) is 50.4 Å². The maximum Gasteiger partial charge on any atom is 0.0565 e. The molecule has 0 spiro atoms. The van der Waals surface area contributed by atoms with E-state index in [0.29, 0.717) is 5.92 Å². The van der Waals surface area contributed by atoms with Crippen molar-refractivity contribution in [3.63, 3.8) is 0 Å². The Kier molecular flexibility index (Phi) is 8.08. The van der Waals surface area contributed by atoms with Crippen LogP contribution in [0.1, 0.15) is 51.6 Å². The summed E-state index contributed by atoms with van der Waals surface area (Å²) in [6.45, 7) is 6.54. The lowest BCUT2D eigenvalue weighted by Gasteiger charge is -2.30. The minimum Gasteiger partial charge on any atom is -0.312 e. The van der Waals surface area contributed by atoms with Gasteiger partial charge in [0.1, 0.15) is 0 Å². The second-order valence-electron chi connectivity index (χ2n) is 5.68. The third kappa shape index (κ3) is 5.02. The molecule has 1 N–H and O–H groups in total. The maximum absolute atomic E-state index is 12.7. The van der Waals surface area contributed by atoms with Crippen LogP contribution in [0.5, 0.6) is 0 Å². The van der Waals surface area contributed by atoms with Gasteiger partial charge in [0.25, 0.3) is 0 Å². The Morgan fingerprint density at radius 1 is 1.15 bits per heavy atom. The third-order valence-electron chi connectivity index (χ3n) is 3.71. The van der Waals surface area contributed by atoms with Crippen molar-refractivity contribution >= 4 is 10.8 Å². The summed E-state index contributed by atoms with van der Waals surface area (Å²) < 4.78 is 12.7. The van der Waals surface area contributed by atoms with Crippen molar-refractivity contribution in [3.05, 3.63) is 35.9 Å². The largest absolute Gasteiger partial charge is 0.312 e. The van der Waals surface area contributed by atoms with Gasteiger partial charge < -0.3 is 5.32 Å². The van der Waals surface area contributed by atoms with Gasteiger partial charge in [-0.3, -0.25) is 4.21 Å². The molecular weight excluding hydrogens is 266 g/mol. The Bertz CT molecular complexity index is 391. The predicted molar refractivity (Wildman–Crippen MR) is 89.4 cm³/mol. The first-order chi connectivity index (χ1) is 9.61. The predicted octanol–water partition coefficient (Wildman–Crippen LogP) is 3.91. The van der Waals surface area contributed by atoms with Crippen LogP contribution in [0.2, 0.25) is 0 Å². The van der Waals surface area contributed by atoms with Gasteiger partial charge in [-0.1, -0.05) is 63.9 Å². The molecule has 0 heterocycles. The van der Waals surface area contributed by atoms with Crippen LogP contribution in [0, 0.1) is 5.92 Å². The van der Waals surface area contributed by atoms with Crippen LogP contribution in [0.25, 0.3) is 0 Å². The minimum atomic E-state index is -0.782. The summed E-state index contributed by atoms with van der Waals surface area (Å²) in [6.07, 6.45) is 3.42. The highest BCUT2D eigenvalue weighted by molar-refractivity contribution is 7.85. The number of unbranched alkanes of at least 4 members (excludes halogenated alkanes) is 2. The summed E-state index contributed by atoms with van der Waals surface area (Å²) in [6, 6.07) is 10.5. The number of nitrogens with one attached hydrogen (secondary N) is 1. The molecule has 1 rings (SSSR count). The Morgan fingerprint density at radius 3 is 2.30 bits per heavy atom. The first-order valence-corrected chi connectivity index (χ1v) is 9.09. The van der Waals surface area contributed by atoms with Crippen molar-refractivity contribution < 1.29 is 4.21 Å². The normalized spacial score (nSPS) is 16.1. The Labute approximate surface area is 126 Å². The van der Waals surface area contributed by atoms with Crippen molar-refractivity contribution in [1.29, 1.82) is 0 Å². The number of rotatable bonds is 9. The van der Waals surface area contributed by atoms with E-state index >= 15 is 0 Å². The molecule has 0 amide bonds. The zero-order valence-electron chi connectivity index (χ0n) is 13.3. The van der Waals surface area contributed by atoms with Gasteiger partial charge in [0.2, 0.25) is 0 Å². The highest BCUT2D eigenvalue weighted by Gasteiger charge is 2.29. The van der Waals surface area contributed by atoms with E-state index in [1.54, 1.807) is 0 Å². The topological polar surface area (TPSA) is 29.1 Å². The Hall–Kier alpha value is -0.670. The van der Waals surface area contributed by atoms with E-state index in [0.717, 1.165) is 12.2 Å². The molecule has 0 aliphatic heterocycles. The van der Waals surface area contributed by atoms with E-state index in [9.17, 15) is 4.21 Å². The molecular formula is C17H29NOS. The van der Waals surface area contributed by atoms with Crippen LogP contribution in [-0.2, 0) is 10.8 Å². The molecule has 1 aromatic rings. The van der Waals surface area contributed by atoms with Gasteiger partial charge in [-0.2, -0.15) is 0 Å². The quantitative estimate of drug-likeness (QED) is 0.700. The van der Waals surface area contributed by atoms with Gasteiger partial charge in [0.05, 0.1) is 5.25 Å². The highest BCUT2D eigenvalue weighted by Crippen LogP contribution is 2.26. The maximum atomic E-state index is 12.7. The molecule has 0 aliphatic rings. The molecule has 3 unspecified atom stereocenters. The van der Waals surface area contributed by atoms with E-state index in [1.807, 2.05) is 13.1 Å². The molecule has 114 valence electrons. The zero-order valence-corrected chi connectivity index (χ0v) is 14.1. The Morgan fingerprint density at radius 2 is 1.80 bits per heavy atom. The molecule has 3 atom stereocenters. The van der Waals surface area contributed by atoms with E-state index in [1.165, 1.54) is 18.4 Å². The summed E-state index contributed by atoms with van der Waals surface area (Å²) >= 11 is 0. The average molecular weight is 295 g/mol. The van der Waals surface area contributed by atoms with Crippen LogP contribution < -0.4 is 5.32 Å². The first-order valence-electron chi connectivity index (χ1n) is 7.71. The van der Waals surface area contributed by atoms with Crippen molar-refractivity contribution in [3.8, 4) is 0 Å². The van der Waals surface area contributed by atoms with Crippen LogP contribution in [0.3, 0.4) is 0 Å². The smallest absolute Gasteiger partial charge is 0.0565 e. The molecule has 0 saturated heterocycles. The number of hydrogen-bond donors (Lipinski definition) is 1. The summed E-state index contributed by atoms with van der Waals surface area (Å²) in [5, 5.41) is 3.54. The minimum absolute atomic E-state index is 0.165. The SMILES string of the molecule is CCCCCS(=O)C(C(C)C)C(NC)c1ccccc1. The average Bonchev–Trinajstić information content (AvgIpc) is 2.45. The van der Waals surface area contributed by atoms with E-state index in [-0.39, 0.29) is 11.3 Å². The number of hydrogen-bond acceptors (Lipinski definition) is 2. The number of benzene rings is 1. The van der Waals surface area contributed by atoms with Gasteiger partial charge in [0, 0.05) is 22.6 Å². The Balaban J connectivity index is 2.85. The van der Waals surface area contributed by atoms with Crippen molar-refractivity contribution in [2.75, 3.05) is 12.8 Å². The van der Waals surface area contributed by atoms with Gasteiger partial charge in [0.15, 0.2) is 0 Å². The monoisotopic (exact) mass is 295 g/mol. The molecule has 3 heteroatoms. The summed E-state index contributed by atoms with van der Waals surface area (Å²) in [7, 11) is 1.19. The summed E-state index contributed by atoms with van der Waals surface area (Å²) in [5.41, 5.74) is 1.23. The van der Waals surface area contributed by atoms with Gasteiger partial charge in [-0.15, -0.1) is 0 Å². The van der Waals surface area contributed by atoms with Gasteiger partial charge in [-0.05, 0) is 24.9 Å². The van der Waals surface area contributed by atoms with E-state index < -0.39 is 10.8 Å². The highest BCUT2D eigenvalue weighted by atomic mass is 32.2. The van der Waals surface area contributed by atoms with Gasteiger partial charge in [-0.25, -0.2) is 0 Å². The second kappa shape index (κ2) is 9.30. The van der Waals surface area contributed by atoms with Crippen LogP contribution in [0.4, 0.5) is 0 Å². The fourth-order valence-electron chi connectivity index (χ4n) is 2.65. The lowest BCUT2D eigenvalue weighted by molar-refractivity contribution is 0.460. The van der Waals surface area contributed by atoms with E-state index in [4.69, 9.17) is 0 Å². The van der Waals surface area contributed by atoms with Crippen molar-refractivity contribution in [2.24, 2.45) is 5.92 Å². The second-order valence-corrected chi connectivity index (χ2v) is 7.39. The molecule has 0 aliphatic carbocycles. The lowest BCUT2D eigenvalue weighted by atomic mass is 9.96. The van der Waals surface area contributed by atoms with Gasteiger partial charge >= 0.3 is 0 Å². The fraction of sp³-hybridized carbons (Fsp3) is 0.647. The van der Waals surface area contributed by atoms with Crippen LogP contribution >= 0.6 is 0 Å². The molecule has 0 fully saturated rings. The molecule has 2 nitrogen and oxygen atoms in total. The van der Waals surface area contributed by atoms with Crippen LogP contribution in [-0.4, -0.2) is 22.3 Å². The van der Waals surface area contributed by atoms with Crippen molar-refractivity contribution in [2.45, 2.75) is 51.3 Å². The third-order valence-corrected chi connectivity index (χ3v) is 5.82. The lowest BCUT2D eigenvalue weighted by Crippen LogP contribution is -2.37. The molecule has 0 radical (unpaired) electrons. The van der Waals surface area contributed by atoms with Crippen molar-refractivity contribution in [1.82, 2.24) is 5.32 Å². The molecule has 1 aromatic carbocycles. The molecule has 0 bridgehead atoms. The first kappa shape index (κ1) is 17.4. The molecule has 20 heavy (non-hydrogen) atoms. The molecule has 0 saturated carbocycles. The summed E-state index contributed by atoms with van der Waals surface area (Å²) in [4.78, 5) is 0. The molecule has 0 aromatic heterocycles. The standard InChI is InChI=1S/C17H29NOS/c1-5-6-10-13-20(19)17(14(2)3)16(18-4)15-11-8-7-9-12-15/h7-9,11-12,14,16-18H,5-6,10,13H2,1-4H3. The van der Waals surface area contributed by atoms with Crippen LogP contribution in [0.15, 0.2) is 30.3 Å².